The molecule has 1 aliphatic heterocycles. The Bertz CT molecular complexity index is 401. The molecule has 1 aromatic rings. The van der Waals surface area contributed by atoms with Crippen LogP contribution in [0.1, 0.15) is 26.2 Å². The van der Waals surface area contributed by atoms with Crippen molar-refractivity contribution in [3.8, 4) is 6.01 Å². The van der Waals surface area contributed by atoms with E-state index in [4.69, 9.17) is 15.3 Å². The van der Waals surface area contributed by atoms with Gasteiger partial charge in [0.15, 0.2) is 5.16 Å². The van der Waals surface area contributed by atoms with E-state index in [0.29, 0.717) is 23.7 Å². The second-order valence-corrected chi connectivity index (χ2v) is 5.15. The van der Waals surface area contributed by atoms with E-state index in [1.54, 1.807) is 0 Å². The number of anilines is 1. The van der Waals surface area contributed by atoms with Crippen molar-refractivity contribution in [1.82, 2.24) is 15.0 Å². The molecule has 1 fully saturated rings. The fraction of sp³-hybridized carbons (Fsp3) is 0.727. The SMILES string of the molecule is CCCOc1nc(NN)nc(SCC2CCCO2)n1. The number of ether oxygens (including phenoxy) is 2. The molecule has 1 aromatic heterocycles. The summed E-state index contributed by atoms with van der Waals surface area (Å²) in [4.78, 5) is 12.5. The summed E-state index contributed by atoms with van der Waals surface area (Å²) < 4.78 is 11.0. The van der Waals surface area contributed by atoms with Crippen LogP contribution in [0.4, 0.5) is 5.95 Å². The van der Waals surface area contributed by atoms with E-state index in [1.807, 2.05) is 6.92 Å². The normalized spacial score (nSPS) is 18.5. The van der Waals surface area contributed by atoms with Crippen LogP contribution in [0.25, 0.3) is 0 Å². The molecular formula is C11H19N5O2S. The first kappa shape index (κ1) is 14.3. The topological polar surface area (TPSA) is 95.2 Å². The summed E-state index contributed by atoms with van der Waals surface area (Å²) >= 11 is 1.53. The molecule has 3 N–H and O–H groups in total. The third-order valence-electron chi connectivity index (χ3n) is 2.58. The Hall–Kier alpha value is -1.12. The quantitative estimate of drug-likeness (QED) is 0.438. The van der Waals surface area contributed by atoms with Crippen molar-refractivity contribution < 1.29 is 9.47 Å². The number of aromatic nitrogens is 3. The molecule has 1 aliphatic rings. The molecule has 2 heterocycles. The Morgan fingerprint density at radius 3 is 3.05 bits per heavy atom. The van der Waals surface area contributed by atoms with Gasteiger partial charge in [-0.05, 0) is 19.3 Å². The molecule has 1 unspecified atom stereocenters. The lowest BCUT2D eigenvalue weighted by Crippen LogP contribution is -2.14. The van der Waals surface area contributed by atoms with Gasteiger partial charge in [0.25, 0.3) is 0 Å². The van der Waals surface area contributed by atoms with E-state index in [2.05, 4.69) is 20.4 Å². The Morgan fingerprint density at radius 2 is 2.37 bits per heavy atom. The molecule has 106 valence electrons. The van der Waals surface area contributed by atoms with E-state index >= 15 is 0 Å². The zero-order chi connectivity index (χ0) is 13.5. The van der Waals surface area contributed by atoms with Crippen LogP contribution in [0.2, 0.25) is 0 Å². The van der Waals surface area contributed by atoms with Gasteiger partial charge in [0, 0.05) is 12.4 Å². The molecule has 1 saturated heterocycles. The lowest BCUT2D eigenvalue weighted by molar-refractivity contribution is 0.129. The largest absolute Gasteiger partial charge is 0.463 e. The highest BCUT2D eigenvalue weighted by atomic mass is 32.2. The highest BCUT2D eigenvalue weighted by Gasteiger charge is 2.17. The molecule has 2 rings (SSSR count). The number of nitrogens with one attached hydrogen (secondary N) is 1. The first-order valence-electron chi connectivity index (χ1n) is 6.41. The fourth-order valence-electron chi connectivity index (χ4n) is 1.67. The van der Waals surface area contributed by atoms with Gasteiger partial charge in [0.05, 0.1) is 12.7 Å². The van der Waals surface area contributed by atoms with Crippen molar-refractivity contribution in [2.75, 3.05) is 24.4 Å². The van der Waals surface area contributed by atoms with Crippen LogP contribution in [0.3, 0.4) is 0 Å². The molecule has 7 nitrogen and oxygen atoms in total. The smallest absolute Gasteiger partial charge is 0.322 e. The molecule has 19 heavy (non-hydrogen) atoms. The minimum Gasteiger partial charge on any atom is -0.463 e. The molecule has 0 spiro atoms. The average molecular weight is 285 g/mol. The summed E-state index contributed by atoms with van der Waals surface area (Å²) in [7, 11) is 0. The third kappa shape index (κ3) is 4.48. The maximum atomic E-state index is 5.56. The van der Waals surface area contributed by atoms with Crippen LogP contribution < -0.4 is 16.0 Å². The second-order valence-electron chi connectivity index (χ2n) is 4.16. The molecular weight excluding hydrogens is 266 g/mol. The Kier molecular flexibility index (Phi) is 5.62. The molecule has 0 aliphatic carbocycles. The van der Waals surface area contributed by atoms with Crippen LogP contribution in [-0.4, -0.2) is 40.0 Å². The minimum absolute atomic E-state index is 0.288. The van der Waals surface area contributed by atoms with Gasteiger partial charge in [-0.1, -0.05) is 18.7 Å². The van der Waals surface area contributed by atoms with Gasteiger partial charge >= 0.3 is 6.01 Å². The van der Waals surface area contributed by atoms with Gasteiger partial charge in [-0.25, -0.2) is 5.84 Å². The summed E-state index contributed by atoms with van der Waals surface area (Å²) in [6.07, 6.45) is 3.41. The number of thioether (sulfide) groups is 1. The summed E-state index contributed by atoms with van der Waals surface area (Å²) in [5.41, 5.74) is 2.43. The monoisotopic (exact) mass is 285 g/mol. The van der Waals surface area contributed by atoms with Crippen LogP contribution in [0, 0.1) is 0 Å². The molecule has 0 saturated carbocycles. The van der Waals surface area contributed by atoms with E-state index in [9.17, 15) is 0 Å². The van der Waals surface area contributed by atoms with Crippen molar-refractivity contribution >= 4 is 17.7 Å². The number of hydrazine groups is 1. The molecule has 0 aromatic carbocycles. The van der Waals surface area contributed by atoms with Crippen molar-refractivity contribution in [3.63, 3.8) is 0 Å². The van der Waals surface area contributed by atoms with E-state index < -0.39 is 0 Å². The maximum Gasteiger partial charge on any atom is 0.322 e. The number of hydrogen-bond acceptors (Lipinski definition) is 8. The minimum atomic E-state index is 0.288. The first-order chi connectivity index (χ1) is 9.31. The van der Waals surface area contributed by atoms with Gasteiger partial charge in [-0.3, -0.25) is 5.43 Å². The van der Waals surface area contributed by atoms with Gasteiger partial charge in [0.1, 0.15) is 0 Å². The van der Waals surface area contributed by atoms with E-state index in [0.717, 1.165) is 31.6 Å². The highest BCUT2D eigenvalue weighted by molar-refractivity contribution is 7.99. The average Bonchev–Trinajstić information content (AvgIpc) is 2.96. The van der Waals surface area contributed by atoms with Gasteiger partial charge in [-0.15, -0.1) is 0 Å². The van der Waals surface area contributed by atoms with Crippen LogP contribution in [0.15, 0.2) is 5.16 Å². The zero-order valence-electron chi connectivity index (χ0n) is 11.0. The molecule has 0 radical (unpaired) electrons. The van der Waals surface area contributed by atoms with Crippen LogP contribution >= 0.6 is 11.8 Å². The number of nitrogens with two attached hydrogens (primary N) is 1. The molecule has 1 atom stereocenters. The summed E-state index contributed by atoms with van der Waals surface area (Å²) in [5.74, 6) is 6.49. The van der Waals surface area contributed by atoms with Gasteiger partial charge in [-0.2, -0.15) is 15.0 Å². The molecule has 0 amide bonds. The second kappa shape index (κ2) is 7.46. The van der Waals surface area contributed by atoms with Crippen molar-refractivity contribution in [2.45, 2.75) is 37.4 Å². The number of rotatable bonds is 7. The highest BCUT2D eigenvalue weighted by Crippen LogP contribution is 2.22. The Morgan fingerprint density at radius 1 is 1.47 bits per heavy atom. The number of hydrogen-bond donors (Lipinski definition) is 2. The van der Waals surface area contributed by atoms with E-state index in [-0.39, 0.29) is 6.10 Å². The summed E-state index contributed by atoms with van der Waals surface area (Å²) in [6.45, 7) is 3.45. The predicted molar refractivity (Wildman–Crippen MR) is 73.1 cm³/mol. The fourth-order valence-corrected chi connectivity index (χ4v) is 2.56. The number of nitrogen functional groups attached to an aromatic ring is 1. The summed E-state index contributed by atoms with van der Waals surface area (Å²) in [5, 5.41) is 0.601. The third-order valence-corrected chi connectivity index (χ3v) is 3.56. The molecule has 0 bridgehead atoms. The number of nitrogens with zero attached hydrogens (tertiary/aromatic N) is 3. The van der Waals surface area contributed by atoms with Gasteiger partial charge in [0.2, 0.25) is 5.95 Å². The van der Waals surface area contributed by atoms with Crippen LogP contribution in [0.5, 0.6) is 6.01 Å². The van der Waals surface area contributed by atoms with Crippen molar-refractivity contribution in [3.05, 3.63) is 0 Å². The zero-order valence-corrected chi connectivity index (χ0v) is 11.8. The van der Waals surface area contributed by atoms with Gasteiger partial charge < -0.3 is 9.47 Å². The lowest BCUT2D eigenvalue weighted by atomic mass is 10.3. The van der Waals surface area contributed by atoms with E-state index in [1.165, 1.54) is 11.8 Å². The summed E-state index contributed by atoms with van der Waals surface area (Å²) in [6, 6.07) is 0.305. The Labute approximate surface area is 116 Å². The van der Waals surface area contributed by atoms with Crippen molar-refractivity contribution in [1.29, 1.82) is 0 Å². The predicted octanol–water partition coefficient (Wildman–Crippen LogP) is 1.22. The molecule has 8 heteroatoms. The standard InChI is InChI=1S/C11H19N5O2S/c1-2-5-18-10-13-9(16-12)14-11(15-10)19-7-8-4-3-6-17-8/h8H,2-7,12H2,1H3,(H,13,14,15,16). The van der Waals surface area contributed by atoms with Crippen molar-refractivity contribution in [2.24, 2.45) is 5.84 Å². The Balaban J connectivity index is 1.96. The first-order valence-corrected chi connectivity index (χ1v) is 7.40. The maximum absolute atomic E-state index is 5.56. The van der Waals surface area contributed by atoms with Crippen LogP contribution in [-0.2, 0) is 4.74 Å². The lowest BCUT2D eigenvalue weighted by Gasteiger charge is -2.09.